The lowest BCUT2D eigenvalue weighted by Gasteiger charge is -2.38. The lowest BCUT2D eigenvalue weighted by Crippen LogP contribution is -2.46. The van der Waals surface area contributed by atoms with Gasteiger partial charge in [-0.05, 0) is 24.2 Å². The van der Waals surface area contributed by atoms with Gasteiger partial charge in [0.2, 0.25) is 0 Å². The standard InChI is InChI=1S/C19H22N2O2S/c1-20-11-13-21(14-12-20)18-16-9-5-6-10-17(16)24(22,23)19(18)15-7-3-2-4-8-15/h2-10,18-19H,11-14H2,1H3. The molecule has 2 unspecified atom stereocenters. The van der Waals surface area contributed by atoms with Crippen LogP contribution in [-0.2, 0) is 9.84 Å². The maximum absolute atomic E-state index is 13.3. The molecule has 0 amide bonds. The first-order valence-electron chi connectivity index (χ1n) is 8.39. The Bertz CT molecular complexity index is 827. The van der Waals surface area contributed by atoms with Gasteiger partial charge < -0.3 is 4.90 Å². The van der Waals surface area contributed by atoms with Crippen molar-refractivity contribution in [3.05, 3.63) is 65.7 Å². The van der Waals surface area contributed by atoms with Crippen LogP contribution in [0, 0.1) is 0 Å². The number of sulfone groups is 1. The molecule has 4 rings (SSSR count). The molecule has 0 spiro atoms. The molecular weight excluding hydrogens is 320 g/mol. The van der Waals surface area contributed by atoms with E-state index in [-0.39, 0.29) is 6.04 Å². The first-order valence-corrected chi connectivity index (χ1v) is 9.94. The predicted molar refractivity (Wildman–Crippen MR) is 94.6 cm³/mol. The number of benzene rings is 2. The van der Waals surface area contributed by atoms with Crippen LogP contribution in [0.1, 0.15) is 22.4 Å². The van der Waals surface area contributed by atoms with Crippen molar-refractivity contribution in [2.24, 2.45) is 0 Å². The second kappa shape index (κ2) is 5.99. The summed E-state index contributed by atoms with van der Waals surface area (Å²) in [5, 5.41) is -0.514. The van der Waals surface area contributed by atoms with Gasteiger partial charge in [0.15, 0.2) is 9.84 Å². The van der Waals surface area contributed by atoms with E-state index in [4.69, 9.17) is 0 Å². The Morgan fingerprint density at radius 3 is 2.21 bits per heavy atom. The summed E-state index contributed by atoms with van der Waals surface area (Å²) >= 11 is 0. The molecule has 2 aliphatic rings. The first kappa shape index (κ1) is 15.8. The summed E-state index contributed by atoms with van der Waals surface area (Å²) in [6.45, 7) is 3.74. The monoisotopic (exact) mass is 342 g/mol. The first-order chi connectivity index (χ1) is 11.6. The number of hydrogen-bond donors (Lipinski definition) is 0. The highest BCUT2D eigenvalue weighted by molar-refractivity contribution is 7.92. The van der Waals surface area contributed by atoms with Gasteiger partial charge in [-0.25, -0.2) is 8.42 Å². The summed E-state index contributed by atoms with van der Waals surface area (Å²) < 4.78 is 26.5. The maximum Gasteiger partial charge on any atom is 0.187 e. The van der Waals surface area contributed by atoms with Crippen molar-refractivity contribution in [3.63, 3.8) is 0 Å². The van der Waals surface area contributed by atoms with Crippen LogP contribution in [0.3, 0.4) is 0 Å². The van der Waals surface area contributed by atoms with Gasteiger partial charge in [-0.1, -0.05) is 48.5 Å². The van der Waals surface area contributed by atoms with E-state index in [1.54, 1.807) is 6.07 Å². The fraction of sp³-hybridized carbons (Fsp3) is 0.368. The molecule has 0 aromatic heterocycles. The minimum Gasteiger partial charge on any atom is -0.304 e. The van der Waals surface area contributed by atoms with Gasteiger partial charge in [-0.2, -0.15) is 0 Å². The third-order valence-corrected chi connectivity index (χ3v) is 7.41. The molecule has 2 atom stereocenters. The molecule has 0 radical (unpaired) electrons. The molecule has 2 heterocycles. The minimum atomic E-state index is -3.37. The van der Waals surface area contributed by atoms with E-state index in [1.807, 2.05) is 48.5 Å². The highest BCUT2D eigenvalue weighted by Crippen LogP contribution is 2.51. The summed E-state index contributed by atoms with van der Waals surface area (Å²) in [6.07, 6.45) is 0. The SMILES string of the molecule is CN1CCN(C2c3ccccc3S(=O)(=O)C2c2ccccc2)CC1. The van der Waals surface area contributed by atoms with Gasteiger partial charge in [0, 0.05) is 26.2 Å². The van der Waals surface area contributed by atoms with Crippen molar-refractivity contribution >= 4 is 9.84 Å². The van der Waals surface area contributed by atoms with Crippen LogP contribution in [0.15, 0.2) is 59.5 Å². The second-order valence-electron chi connectivity index (χ2n) is 6.70. The van der Waals surface area contributed by atoms with Crippen molar-refractivity contribution < 1.29 is 8.42 Å². The molecule has 2 aromatic rings. The average molecular weight is 342 g/mol. The van der Waals surface area contributed by atoms with Gasteiger partial charge in [0.05, 0.1) is 10.9 Å². The largest absolute Gasteiger partial charge is 0.304 e. The second-order valence-corrected chi connectivity index (χ2v) is 8.74. The van der Waals surface area contributed by atoms with E-state index in [9.17, 15) is 8.42 Å². The van der Waals surface area contributed by atoms with Crippen LogP contribution in [0.5, 0.6) is 0 Å². The molecule has 0 aliphatic carbocycles. The number of likely N-dealkylation sites (N-methyl/N-ethyl adjacent to an activating group) is 1. The number of fused-ring (bicyclic) bond motifs is 1. The lowest BCUT2D eigenvalue weighted by atomic mass is 9.96. The van der Waals surface area contributed by atoms with E-state index >= 15 is 0 Å². The highest BCUT2D eigenvalue weighted by Gasteiger charge is 2.48. The van der Waals surface area contributed by atoms with E-state index in [1.165, 1.54) is 0 Å². The van der Waals surface area contributed by atoms with E-state index in [2.05, 4.69) is 16.8 Å². The third-order valence-electron chi connectivity index (χ3n) is 5.22. The van der Waals surface area contributed by atoms with Crippen LogP contribution < -0.4 is 0 Å². The van der Waals surface area contributed by atoms with Crippen LogP contribution >= 0.6 is 0 Å². The number of piperazine rings is 1. The van der Waals surface area contributed by atoms with E-state index < -0.39 is 15.1 Å². The maximum atomic E-state index is 13.3. The normalized spacial score (nSPS) is 27.0. The average Bonchev–Trinajstić information content (AvgIpc) is 2.84. The molecule has 0 N–H and O–H groups in total. The van der Waals surface area contributed by atoms with Crippen LogP contribution in [0.25, 0.3) is 0 Å². The Hall–Kier alpha value is -1.69. The van der Waals surface area contributed by atoms with Crippen LogP contribution in [0.2, 0.25) is 0 Å². The molecule has 2 aromatic carbocycles. The molecule has 1 saturated heterocycles. The predicted octanol–water partition coefficient (Wildman–Crippen LogP) is 2.50. The smallest absolute Gasteiger partial charge is 0.187 e. The molecule has 2 aliphatic heterocycles. The zero-order valence-corrected chi connectivity index (χ0v) is 14.6. The van der Waals surface area contributed by atoms with Crippen molar-refractivity contribution in [2.75, 3.05) is 33.2 Å². The topological polar surface area (TPSA) is 40.6 Å². The van der Waals surface area contributed by atoms with Gasteiger partial charge in [-0.3, -0.25) is 4.90 Å². The lowest BCUT2D eigenvalue weighted by molar-refractivity contribution is 0.109. The molecule has 0 bridgehead atoms. The minimum absolute atomic E-state index is 0.0951. The van der Waals surface area contributed by atoms with Crippen LogP contribution in [-0.4, -0.2) is 51.4 Å². The Kier molecular flexibility index (Phi) is 3.95. The molecule has 4 nitrogen and oxygen atoms in total. The number of rotatable bonds is 2. The molecule has 1 fully saturated rings. The zero-order chi connectivity index (χ0) is 16.7. The Morgan fingerprint density at radius 2 is 1.50 bits per heavy atom. The fourth-order valence-corrected chi connectivity index (χ4v) is 6.18. The summed E-state index contributed by atoms with van der Waals surface area (Å²) in [6, 6.07) is 17.1. The molecular formula is C19H22N2O2S. The number of nitrogens with zero attached hydrogens (tertiary/aromatic N) is 2. The van der Waals surface area contributed by atoms with Gasteiger partial charge in [0.1, 0.15) is 5.25 Å². The van der Waals surface area contributed by atoms with Crippen molar-refractivity contribution in [2.45, 2.75) is 16.2 Å². The summed E-state index contributed by atoms with van der Waals surface area (Å²) in [5.41, 5.74) is 1.84. The summed E-state index contributed by atoms with van der Waals surface area (Å²) in [4.78, 5) is 5.15. The summed E-state index contributed by atoms with van der Waals surface area (Å²) in [7, 11) is -1.25. The molecule has 5 heteroatoms. The van der Waals surface area contributed by atoms with Crippen molar-refractivity contribution in [3.8, 4) is 0 Å². The van der Waals surface area contributed by atoms with Gasteiger partial charge >= 0.3 is 0 Å². The highest BCUT2D eigenvalue weighted by atomic mass is 32.2. The zero-order valence-electron chi connectivity index (χ0n) is 13.8. The quantitative estimate of drug-likeness (QED) is 0.841. The van der Waals surface area contributed by atoms with Crippen LogP contribution in [0.4, 0.5) is 0 Å². The van der Waals surface area contributed by atoms with E-state index in [0.717, 1.165) is 37.3 Å². The Labute approximate surface area is 143 Å². The van der Waals surface area contributed by atoms with E-state index in [0.29, 0.717) is 4.90 Å². The van der Waals surface area contributed by atoms with Gasteiger partial charge in [0.25, 0.3) is 0 Å². The van der Waals surface area contributed by atoms with Crippen molar-refractivity contribution in [1.29, 1.82) is 0 Å². The fourth-order valence-electron chi connectivity index (χ4n) is 3.95. The Morgan fingerprint density at radius 1 is 0.875 bits per heavy atom. The molecule has 24 heavy (non-hydrogen) atoms. The van der Waals surface area contributed by atoms with Gasteiger partial charge in [-0.15, -0.1) is 0 Å². The third kappa shape index (κ3) is 2.48. The Balaban J connectivity index is 1.84. The number of hydrogen-bond acceptors (Lipinski definition) is 4. The molecule has 126 valence electrons. The summed E-state index contributed by atoms with van der Waals surface area (Å²) in [5.74, 6) is 0. The molecule has 0 saturated carbocycles. The van der Waals surface area contributed by atoms with Crippen molar-refractivity contribution in [1.82, 2.24) is 9.80 Å².